The van der Waals surface area contributed by atoms with Gasteiger partial charge in [-0.1, -0.05) is 13.0 Å². The number of rotatable bonds is 4. The third kappa shape index (κ3) is 4.60. The third-order valence-corrected chi connectivity index (χ3v) is 2.24. The highest BCUT2D eigenvalue weighted by molar-refractivity contribution is 5.31. The Labute approximate surface area is 96.4 Å². The highest BCUT2D eigenvalue weighted by Gasteiger charge is 2.32. The predicted molar refractivity (Wildman–Crippen MR) is 55.1 cm³/mol. The molecule has 0 fully saturated rings. The Kier molecular flexibility index (Phi) is 4.34. The average molecular weight is 251 g/mol. The molecule has 1 rings (SSSR count). The maximum atomic E-state index is 13.1. The Bertz CT molecular complexity index is 378. The molecule has 2 N–H and O–H groups in total. The Morgan fingerprint density at radius 3 is 2.53 bits per heavy atom. The van der Waals surface area contributed by atoms with E-state index in [0.29, 0.717) is 18.4 Å². The van der Waals surface area contributed by atoms with Gasteiger partial charge in [0.05, 0.1) is 0 Å². The molecule has 0 saturated heterocycles. The number of nitrogens with two attached hydrogens (primary N) is 1. The molecule has 0 aliphatic heterocycles. The molecule has 1 aromatic carbocycles. The van der Waals surface area contributed by atoms with Crippen molar-refractivity contribution in [2.75, 3.05) is 0 Å². The molecular formula is C11H13F4NO. The Balaban J connectivity index is 2.87. The lowest BCUT2D eigenvalue weighted by molar-refractivity contribution is -0.275. The van der Waals surface area contributed by atoms with Crippen LogP contribution in [0, 0.1) is 5.82 Å². The monoisotopic (exact) mass is 251 g/mol. The lowest BCUT2D eigenvalue weighted by Gasteiger charge is -2.12. The maximum Gasteiger partial charge on any atom is 0.573 e. The minimum atomic E-state index is -4.90. The lowest BCUT2D eigenvalue weighted by atomic mass is 10.0. The highest BCUT2D eigenvalue weighted by atomic mass is 19.4. The van der Waals surface area contributed by atoms with E-state index in [1.54, 1.807) is 0 Å². The molecule has 6 heteroatoms. The van der Waals surface area contributed by atoms with Crippen LogP contribution in [0.15, 0.2) is 18.2 Å². The summed E-state index contributed by atoms with van der Waals surface area (Å²) >= 11 is 0. The normalized spacial score (nSPS) is 13.5. The summed E-state index contributed by atoms with van der Waals surface area (Å²) in [6, 6.07) is 3.20. The second-order valence-corrected chi connectivity index (χ2v) is 3.69. The second kappa shape index (κ2) is 5.35. The van der Waals surface area contributed by atoms with E-state index in [-0.39, 0.29) is 6.04 Å². The van der Waals surface area contributed by atoms with Crippen molar-refractivity contribution >= 4 is 0 Å². The van der Waals surface area contributed by atoms with Crippen LogP contribution in [0.25, 0.3) is 0 Å². The molecule has 1 unspecified atom stereocenters. The number of hydrogen-bond acceptors (Lipinski definition) is 2. The van der Waals surface area contributed by atoms with Gasteiger partial charge in [0.2, 0.25) is 0 Å². The third-order valence-electron chi connectivity index (χ3n) is 2.24. The van der Waals surface area contributed by atoms with Crippen molar-refractivity contribution in [2.45, 2.75) is 32.2 Å². The lowest BCUT2D eigenvalue weighted by Crippen LogP contribution is -2.22. The van der Waals surface area contributed by atoms with Gasteiger partial charge < -0.3 is 10.5 Å². The molecule has 17 heavy (non-hydrogen) atoms. The summed E-state index contributed by atoms with van der Waals surface area (Å²) in [5.41, 5.74) is 6.18. The van der Waals surface area contributed by atoms with Gasteiger partial charge in [-0.2, -0.15) is 0 Å². The second-order valence-electron chi connectivity index (χ2n) is 3.69. The van der Waals surface area contributed by atoms with Gasteiger partial charge in [0.15, 0.2) is 11.6 Å². The highest BCUT2D eigenvalue weighted by Crippen LogP contribution is 2.26. The topological polar surface area (TPSA) is 35.2 Å². The minimum absolute atomic E-state index is 0.167. The Morgan fingerprint density at radius 1 is 1.35 bits per heavy atom. The molecule has 0 aromatic heterocycles. The number of halogens is 4. The van der Waals surface area contributed by atoms with Gasteiger partial charge in [0.1, 0.15) is 0 Å². The molecule has 0 spiro atoms. The molecule has 0 aliphatic carbocycles. The summed E-state index contributed by atoms with van der Waals surface area (Å²) in [4.78, 5) is 0. The van der Waals surface area contributed by atoms with Crippen molar-refractivity contribution in [3.8, 4) is 5.75 Å². The van der Waals surface area contributed by atoms with E-state index in [2.05, 4.69) is 4.74 Å². The summed E-state index contributed by atoms with van der Waals surface area (Å²) in [5, 5.41) is 0. The first-order valence-corrected chi connectivity index (χ1v) is 5.11. The Morgan fingerprint density at radius 2 is 2.00 bits per heavy atom. The Hall–Kier alpha value is -1.30. The molecule has 1 aromatic rings. The van der Waals surface area contributed by atoms with Gasteiger partial charge >= 0.3 is 6.36 Å². The van der Waals surface area contributed by atoms with E-state index < -0.39 is 17.9 Å². The molecular weight excluding hydrogens is 238 g/mol. The minimum Gasteiger partial charge on any atom is -0.403 e. The van der Waals surface area contributed by atoms with Crippen molar-refractivity contribution in [1.29, 1.82) is 0 Å². The molecule has 0 radical (unpaired) electrons. The standard InChI is InChI=1S/C11H13F4NO/c1-2-8(16)5-7-3-4-9(12)10(6-7)17-11(13,14)15/h3-4,6,8H,2,5,16H2,1H3. The zero-order valence-corrected chi connectivity index (χ0v) is 9.22. The maximum absolute atomic E-state index is 13.1. The molecule has 0 heterocycles. The van der Waals surface area contributed by atoms with Crippen LogP contribution in [0.4, 0.5) is 17.6 Å². The smallest absolute Gasteiger partial charge is 0.403 e. The van der Waals surface area contributed by atoms with Gasteiger partial charge in [-0.25, -0.2) is 4.39 Å². The van der Waals surface area contributed by atoms with Crippen LogP contribution < -0.4 is 10.5 Å². The number of benzene rings is 1. The van der Waals surface area contributed by atoms with Gasteiger partial charge in [0.25, 0.3) is 0 Å². The van der Waals surface area contributed by atoms with E-state index >= 15 is 0 Å². The van der Waals surface area contributed by atoms with Crippen LogP contribution in [-0.4, -0.2) is 12.4 Å². The van der Waals surface area contributed by atoms with Crippen LogP contribution >= 0.6 is 0 Å². The van der Waals surface area contributed by atoms with Gasteiger partial charge in [-0.15, -0.1) is 13.2 Å². The first kappa shape index (κ1) is 13.8. The van der Waals surface area contributed by atoms with Crippen molar-refractivity contribution < 1.29 is 22.3 Å². The summed E-state index contributed by atoms with van der Waals surface area (Å²) in [6.45, 7) is 1.86. The fourth-order valence-corrected chi connectivity index (χ4v) is 1.32. The van der Waals surface area contributed by atoms with E-state index in [1.165, 1.54) is 6.07 Å². The quantitative estimate of drug-likeness (QED) is 0.835. The number of hydrogen-bond donors (Lipinski definition) is 1. The first-order chi connectivity index (χ1) is 7.81. The van der Waals surface area contributed by atoms with E-state index in [1.807, 2.05) is 6.92 Å². The number of alkyl halides is 3. The molecule has 2 nitrogen and oxygen atoms in total. The zero-order chi connectivity index (χ0) is 13.1. The average Bonchev–Trinajstić information content (AvgIpc) is 2.21. The SMILES string of the molecule is CCC(N)Cc1ccc(F)c(OC(F)(F)F)c1. The van der Waals surface area contributed by atoms with E-state index in [9.17, 15) is 17.6 Å². The van der Waals surface area contributed by atoms with Gasteiger partial charge in [0, 0.05) is 6.04 Å². The first-order valence-electron chi connectivity index (χ1n) is 5.11. The van der Waals surface area contributed by atoms with Gasteiger partial charge in [-0.3, -0.25) is 0 Å². The van der Waals surface area contributed by atoms with Crippen molar-refractivity contribution in [2.24, 2.45) is 5.73 Å². The van der Waals surface area contributed by atoms with Crippen molar-refractivity contribution in [3.05, 3.63) is 29.6 Å². The molecule has 0 saturated carbocycles. The van der Waals surface area contributed by atoms with Gasteiger partial charge in [-0.05, 0) is 30.5 Å². The zero-order valence-electron chi connectivity index (χ0n) is 9.22. The molecule has 96 valence electrons. The molecule has 1 atom stereocenters. The van der Waals surface area contributed by atoms with Crippen LogP contribution in [0.5, 0.6) is 5.75 Å². The van der Waals surface area contributed by atoms with Crippen LogP contribution in [0.1, 0.15) is 18.9 Å². The van der Waals surface area contributed by atoms with Crippen molar-refractivity contribution in [1.82, 2.24) is 0 Å². The fraction of sp³-hybridized carbons (Fsp3) is 0.455. The van der Waals surface area contributed by atoms with E-state index in [4.69, 9.17) is 5.73 Å². The molecule has 0 aliphatic rings. The van der Waals surface area contributed by atoms with E-state index in [0.717, 1.165) is 12.1 Å². The predicted octanol–water partition coefficient (Wildman–Crippen LogP) is 3.00. The largest absolute Gasteiger partial charge is 0.573 e. The van der Waals surface area contributed by atoms with Crippen molar-refractivity contribution in [3.63, 3.8) is 0 Å². The van der Waals surface area contributed by atoms with Crippen LogP contribution in [-0.2, 0) is 6.42 Å². The molecule has 0 bridgehead atoms. The summed E-state index contributed by atoms with van der Waals surface area (Å²) in [7, 11) is 0. The molecule has 0 amide bonds. The van der Waals surface area contributed by atoms with Crippen LogP contribution in [0.2, 0.25) is 0 Å². The fourth-order valence-electron chi connectivity index (χ4n) is 1.32. The van der Waals surface area contributed by atoms with Crippen LogP contribution in [0.3, 0.4) is 0 Å². The number of ether oxygens (including phenoxy) is 1. The summed E-state index contributed by atoms with van der Waals surface area (Å²) in [5.74, 6) is -1.87. The summed E-state index contributed by atoms with van der Waals surface area (Å²) in [6.07, 6.45) is -3.83. The summed E-state index contributed by atoms with van der Waals surface area (Å²) < 4.78 is 52.5.